The maximum absolute atomic E-state index is 12.0. The van der Waals surface area contributed by atoms with E-state index in [4.69, 9.17) is 8.85 Å². The summed E-state index contributed by atoms with van der Waals surface area (Å²) in [6.07, 6.45) is -4.14. The summed E-state index contributed by atoms with van der Waals surface area (Å²) in [5, 5.41) is 1.47. The number of imide groups is 1. The molecule has 1 aromatic carbocycles. The fourth-order valence-electron chi connectivity index (χ4n) is 3.80. The Morgan fingerprint density at radius 2 is 1.88 bits per heavy atom. The van der Waals surface area contributed by atoms with Crippen LogP contribution in [0.4, 0.5) is 4.79 Å². The fourth-order valence-corrected chi connectivity index (χ4v) is 4.71. The average Bonchev–Trinajstić information content (AvgIpc) is 3.11. The smallest absolute Gasteiger partial charge is 0.286 e. The monoisotopic (exact) mass is 457 g/mol. The van der Waals surface area contributed by atoms with Crippen molar-refractivity contribution in [1.82, 2.24) is 10.3 Å². The van der Waals surface area contributed by atoms with Crippen molar-refractivity contribution >= 4 is 22.9 Å². The third-order valence-electron chi connectivity index (χ3n) is 6.08. The van der Waals surface area contributed by atoms with Crippen molar-refractivity contribution in [2.45, 2.75) is 78.0 Å². The molecular weight excluding hydrogens is 420 g/mol. The predicted molar refractivity (Wildman–Crippen MR) is 131 cm³/mol. The summed E-state index contributed by atoms with van der Waals surface area (Å²) in [6, 6.07) is 8.89. The van der Waals surface area contributed by atoms with E-state index >= 15 is 0 Å². The first kappa shape index (κ1) is 20.3. The molecule has 1 aromatic heterocycles. The molecule has 0 saturated carbocycles. The van der Waals surface area contributed by atoms with Crippen molar-refractivity contribution in [2.24, 2.45) is 5.92 Å². The molecule has 0 radical (unpaired) electrons. The highest BCUT2D eigenvalue weighted by atomic mass is 32.2. The van der Waals surface area contributed by atoms with Crippen LogP contribution < -0.4 is 10.1 Å². The van der Waals surface area contributed by atoms with Crippen LogP contribution >= 0.6 is 11.8 Å². The molecule has 2 heterocycles. The minimum atomic E-state index is -2.19. The van der Waals surface area contributed by atoms with Crippen LogP contribution in [-0.4, -0.2) is 27.5 Å². The van der Waals surface area contributed by atoms with Gasteiger partial charge < -0.3 is 4.74 Å². The summed E-state index contributed by atoms with van der Waals surface area (Å²) < 4.78 is 32.1. The molecule has 4 atom stereocenters. The first-order valence-corrected chi connectivity index (χ1v) is 11.8. The molecule has 0 spiro atoms. The van der Waals surface area contributed by atoms with Gasteiger partial charge in [-0.3, -0.25) is 19.9 Å². The highest BCUT2D eigenvalue weighted by molar-refractivity contribution is 8.15. The van der Waals surface area contributed by atoms with Gasteiger partial charge in [0.05, 0.1) is 6.62 Å². The molecule has 1 aliphatic rings. The molecule has 0 aliphatic carbocycles. The zero-order valence-electron chi connectivity index (χ0n) is 22.8. The van der Waals surface area contributed by atoms with Crippen molar-refractivity contribution in [3.8, 4) is 5.75 Å². The van der Waals surface area contributed by atoms with Gasteiger partial charge in [-0.1, -0.05) is 57.7 Å². The van der Waals surface area contributed by atoms with Crippen LogP contribution in [0.3, 0.4) is 0 Å². The number of pyridine rings is 1. The largest absolute Gasteiger partial charge is 0.490 e. The Labute approximate surface area is 200 Å². The predicted octanol–water partition coefficient (Wildman–Crippen LogP) is 5.92. The van der Waals surface area contributed by atoms with Gasteiger partial charge in [-0.05, 0) is 61.4 Å². The molecule has 1 N–H and O–H groups in total. The van der Waals surface area contributed by atoms with E-state index < -0.39 is 17.7 Å². The first-order chi connectivity index (χ1) is 16.2. The van der Waals surface area contributed by atoms with Crippen LogP contribution in [0.15, 0.2) is 30.3 Å². The summed E-state index contributed by atoms with van der Waals surface area (Å²) in [4.78, 5) is 28.1. The van der Waals surface area contributed by atoms with E-state index in [-0.39, 0.29) is 28.7 Å². The Morgan fingerprint density at radius 3 is 2.44 bits per heavy atom. The number of carbonyl (C=O) groups excluding carboxylic acids is 2. The number of hydrogen-bond donors (Lipinski definition) is 1. The Balaban J connectivity index is 1.83. The van der Waals surface area contributed by atoms with Crippen molar-refractivity contribution in [3.63, 3.8) is 0 Å². The van der Waals surface area contributed by atoms with E-state index in [1.54, 1.807) is 18.2 Å². The lowest BCUT2D eigenvalue weighted by Crippen LogP contribution is -2.27. The molecule has 2 aromatic rings. The standard InChI is InChI=1S/C26H34N2O3S/c1-14(2)17(5)22-10-9-21(27-19(22)7)13-16(4)31-23-11-8-20(12-15(23)3)18(6)24-25(29)28-26(30)32-24/h8-12,14,16-18,24H,13H2,1-7H3,(H,28,29,30)/i13D2,16D. The maximum atomic E-state index is 12.0. The zero-order valence-corrected chi connectivity index (χ0v) is 20.6. The topological polar surface area (TPSA) is 68.3 Å². The van der Waals surface area contributed by atoms with Gasteiger partial charge in [0.2, 0.25) is 5.91 Å². The normalized spacial score (nSPS) is 21.9. The summed E-state index contributed by atoms with van der Waals surface area (Å²) >= 11 is 0.985. The second kappa shape index (κ2) is 10.1. The number of carbonyl (C=O) groups is 2. The summed E-state index contributed by atoms with van der Waals surface area (Å²) in [5.74, 6) is 0.597. The van der Waals surface area contributed by atoms with Gasteiger partial charge in [-0.2, -0.15) is 0 Å². The number of aryl methyl sites for hydroxylation is 2. The van der Waals surface area contributed by atoms with Gasteiger partial charge in [0, 0.05) is 26.4 Å². The number of aromatic nitrogens is 1. The number of ether oxygens (including phenoxy) is 1. The minimum absolute atomic E-state index is 0.157. The van der Waals surface area contributed by atoms with Gasteiger partial charge in [-0.25, -0.2) is 0 Å². The van der Waals surface area contributed by atoms with Crippen molar-refractivity contribution < 1.29 is 18.4 Å². The molecule has 1 saturated heterocycles. The highest BCUT2D eigenvalue weighted by Gasteiger charge is 2.36. The maximum Gasteiger partial charge on any atom is 0.286 e. The van der Waals surface area contributed by atoms with Crippen LogP contribution in [0.1, 0.15) is 78.6 Å². The zero-order chi connectivity index (χ0) is 26.3. The second-order valence-corrected chi connectivity index (χ2v) is 9.93. The first-order valence-electron chi connectivity index (χ1n) is 12.4. The highest BCUT2D eigenvalue weighted by Crippen LogP contribution is 2.34. The molecule has 1 aliphatic heterocycles. The molecular formula is C26H34N2O3S. The van der Waals surface area contributed by atoms with E-state index in [2.05, 4.69) is 31.1 Å². The second-order valence-electron chi connectivity index (χ2n) is 8.82. The Hall–Kier alpha value is -2.34. The molecule has 2 amide bonds. The van der Waals surface area contributed by atoms with E-state index in [9.17, 15) is 9.59 Å². The van der Waals surface area contributed by atoms with Crippen molar-refractivity contribution in [1.29, 1.82) is 0 Å². The van der Waals surface area contributed by atoms with Crippen LogP contribution in [0.25, 0.3) is 0 Å². The molecule has 5 nitrogen and oxygen atoms in total. The third kappa shape index (κ3) is 5.52. The van der Waals surface area contributed by atoms with Crippen molar-refractivity contribution in [3.05, 3.63) is 58.4 Å². The average molecular weight is 458 g/mol. The number of benzene rings is 1. The number of nitrogens with zero attached hydrogens (tertiary/aromatic N) is 1. The molecule has 0 bridgehead atoms. The number of thioether (sulfide) groups is 1. The Morgan fingerprint density at radius 1 is 1.16 bits per heavy atom. The number of rotatable bonds is 8. The van der Waals surface area contributed by atoms with Crippen LogP contribution in [0, 0.1) is 19.8 Å². The quantitative estimate of drug-likeness (QED) is 0.533. The summed E-state index contributed by atoms with van der Waals surface area (Å²) in [5.41, 5.74) is 3.56. The Bertz CT molecular complexity index is 1140. The van der Waals surface area contributed by atoms with E-state index in [1.165, 1.54) is 6.92 Å². The molecule has 32 heavy (non-hydrogen) atoms. The number of nitrogens with one attached hydrogen (secondary N) is 1. The number of hydrogen-bond acceptors (Lipinski definition) is 5. The molecule has 6 heteroatoms. The Kier molecular flexibility index (Phi) is 6.38. The molecule has 4 unspecified atom stereocenters. The van der Waals surface area contributed by atoms with E-state index in [0.29, 0.717) is 17.2 Å². The SMILES string of the molecule is [2H]C(C)(Oc1ccc(C(C)C2SC(=O)NC2=O)cc1C)C([2H])([2H])c1ccc(C(C)C(C)C)c(C)n1. The van der Waals surface area contributed by atoms with Crippen molar-refractivity contribution in [2.75, 3.05) is 0 Å². The summed E-state index contributed by atoms with van der Waals surface area (Å²) in [7, 11) is 0. The van der Waals surface area contributed by atoms with Gasteiger partial charge in [0.1, 0.15) is 11.8 Å². The molecule has 3 rings (SSSR count). The van der Waals surface area contributed by atoms with Gasteiger partial charge in [0.25, 0.3) is 5.24 Å². The number of amides is 2. The van der Waals surface area contributed by atoms with Gasteiger partial charge in [-0.15, -0.1) is 0 Å². The minimum Gasteiger partial charge on any atom is -0.490 e. The summed E-state index contributed by atoms with van der Waals surface area (Å²) in [6.45, 7) is 13.4. The molecule has 172 valence electrons. The fraction of sp³-hybridized carbons (Fsp3) is 0.500. The lowest BCUT2D eigenvalue weighted by Gasteiger charge is -2.21. The van der Waals surface area contributed by atoms with Crippen LogP contribution in [0.2, 0.25) is 0 Å². The van der Waals surface area contributed by atoms with Gasteiger partial charge in [0.15, 0.2) is 0 Å². The lowest BCUT2D eigenvalue weighted by atomic mass is 9.89. The third-order valence-corrected chi connectivity index (χ3v) is 7.27. The van der Waals surface area contributed by atoms with Crippen LogP contribution in [0.5, 0.6) is 5.75 Å². The van der Waals surface area contributed by atoms with Gasteiger partial charge >= 0.3 is 0 Å². The van der Waals surface area contributed by atoms with E-state index in [1.807, 2.05) is 32.9 Å². The van der Waals surface area contributed by atoms with E-state index in [0.717, 1.165) is 28.6 Å². The lowest BCUT2D eigenvalue weighted by molar-refractivity contribution is -0.119. The van der Waals surface area contributed by atoms with Crippen LogP contribution in [-0.2, 0) is 11.2 Å². The molecule has 1 fully saturated rings.